The molecule has 0 fully saturated rings. The zero-order valence-corrected chi connectivity index (χ0v) is 20.0. The van der Waals surface area contributed by atoms with Gasteiger partial charge in [-0.2, -0.15) is 0 Å². The van der Waals surface area contributed by atoms with Crippen molar-refractivity contribution in [2.45, 2.75) is 20.0 Å². The minimum absolute atomic E-state index is 0.0634. The first kappa shape index (κ1) is 24.0. The molecule has 1 heterocycles. The van der Waals surface area contributed by atoms with Gasteiger partial charge in [-0.05, 0) is 42.8 Å². The van der Waals surface area contributed by atoms with Gasteiger partial charge in [0.15, 0.2) is 6.61 Å². The molecule has 3 aromatic carbocycles. The predicted molar refractivity (Wildman–Crippen MR) is 135 cm³/mol. The van der Waals surface area contributed by atoms with Gasteiger partial charge in [-0.15, -0.1) is 11.3 Å². The third kappa shape index (κ3) is 7.41. The van der Waals surface area contributed by atoms with Crippen LogP contribution in [0.1, 0.15) is 16.8 Å². The summed E-state index contributed by atoms with van der Waals surface area (Å²) in [5.41, 5.74) is 8.63. The average molecular weight is 488 g/mol. The highest BCUT2D eigenvalue weighted by Gasteiger charge is 2.11. The number of aromatic nitrogens is 1. The molecule has 2 amide bonds. The van der Waals surface area contributed by atoms with Gasteiger partial charge in [-0.25, -0.2) is 4.98 Å². The SMILES string of the molecule is Cc1cccc(-c2nc(CC(=O)NNC(=O)COc3ccc(OCc4ccccc4)cc3)cs2)c1. The molecule has 2 N–H and O–H groups in total. The lowest BCUT2D eigenvalue weighted by Crippen LogP contribution is -2.44. The molecule has 4 aromatic rings. The van der Waals surface area contributed by atoms with Gasteiger partial charge < -0.3 is 9.47 Å². The van der Waals surface area contributed by atoms with E-state index in [4.69, 9.17) is 9.47 Å². The maximum absolute atomic E-state index is 12.2. The van der Waals surface area contributed by atoms with Crippen LogP contribution in [-0.2, 0) is 22.6 Å². The van der Waals surface area contributed by atoms with Crippen molar-refractivity contribution in [1.29, 1.82) is 0 Å². The number of rotatable bonds is 9. The molecule has 0 saturated heterocycles. The summed E-state index contributed by atoms with van der Waals surface area (Å²) in [6, 6.07) is 24.9. The highest BCUT2D eigenvalue weighted by molar-refractivity contribution is 7.13. The van der Waals surface area contributed by atoms with Crippen LogP contribution in [0, 0.1) is 6.92 Å². The Morgan fingerprint density at radius 3 is 2.31 bits per heavy atom. The highest BCUT2D eigenvalue weighted by atomic mass is 32.1. The van der Waals surface area contributed by atoms with Crippen LogP contribution in [0.15, 0.2) is 84.2 Å². The highest BCUT2D eigenvalue weighted by Crippen LogP contribution is 2.24. The Morgan fingerprint density at radius 2 is 1.57 bits per heavy atom. The van der Waals surface area contributed by atoms with Gasteiger partial charge in [0.1, 0.15) is 23.1 Å². The minimum atomic E-state index is -0.471. The lowest BCUT2D eigenvalue weighted by molar-refractivity contribution is -0.129. The molecule has 35 heavy (non-hydrogen) atoms. The van der Waals surface area contributed by atoms with Crippen LogP contribution in [0.4, 0.5) is 0 Å². The number of thiazole rings is 1. The van der Waals surface area contributed by atoms with Crippen molar-refractivity contribution in [2.24, 2.45) is 0 Å². The average Bonchev–Trinajstić information content (AvgIpc) is 3.35. The number of nitrogens with zero attached hydrogens (tertiary/aromatic N) is 1. The summed E-state index contributed by atoms with van der Waals surface area (Å²) in [6.45, 7) is 2.25. The van der Waals surface area contributed by atoms with Crippen LogP contribution < -0.4 is 20.3 Å². The van der Waals surface area contributed by atoms with Crippen molar-refractivity contribution in [3.8, 4) is 22.1 Å². The van der Waals surface area contributed by atoms with Gasteiger partial charge >= 0.3 is 0 Å². The molecule has 0 aliphatic carbocycles. The zero-order valence-electron chi connectivity index (χ0n) is 19.2. The molecule has 1 aromatic heterocycles. The Balaban J connectivity index is 1.16. The molecule has 178 valence electrons. The second kappa shape index (κ2) is 11.8. The van der Waals surface area contributed by atoms with E-state index < -0.39 is 5.91 Å². The maximum Gasteiger partial charge on any atom is 0.276 e. The number of hydrogen-bond donors (Lipinski definition) is 2. The second-order valence-corrected chi connectivity index (χ2v) is 8.68. The largest absolute Gasteiger partial charge is 0.489 e. The van der Waals surface area contributed by atoms with Gasteiger partial charge in [0.25, 0.3) is 5.91 Å². The Kier molecular flexibility index (Phi) is 8.08. The van der Waals surface area contributed by atoms with Gasteiger partial charge in [-0.1, -0.05) is 54.1 Å². The van der Waals surface area contributed by atoms with E-state index in [9.17, 15) is 9.59 Å². The summed E-state index contributed by atoms with van der Waals surface area (Å²) in [5, 5.41) is 2.69. The van der Waals surface area contributed by atoms with E-state index in [1.807, 2.05) is 66.9 Å². The Morgan fingerprint density at radius 1 is 0.857 bits per heavy atom. The molecule has 0 radical (unpaired) electrons. The monoisotopic (exact) mass is 487 g/mol. The van der Waals surface area contributed by atoms with Crippen molar-refractivity contribution in [3.05, 3.63) is 101 Å². The molecule has 0 atom stereocenters. The van der Waals surface area contributed by atoms with Gasteiger partial charge in [0.05, 0.1) is 12.1 Å². The fraction of sp³-hybridized carbons (Fsp3) is 0.148. The van der Waals surface area contributed by atoms with Gasteiger partial charge in [0.2, 0.25) is 5.91 Å². The maximum atomic E-state index is 12.2. The van der Waals surface area contributed by atoms with E-state index in [1.165, 1.54) is 11.3 Å². The van der Waals surface area contributed by atoms with Crippen molar-refractivity contribution in [1.82, 2.24) is 15.8 Å². The minimum Gasteiger partial charge on any atom is -0.489 e. The molecule has 0 aliphatic rings. The van der Waals surface area contributed by atoms with Crippen molar-refractivity contribution >= 4 is 23.2 Å². The molecule has 0 aliphatic heterocycles. The lowest BCUT2D eigenvalue weighted by Gasteiger charge is -2.10. The summed E-state index contributed by atoms with van der Waals surface area (Å²) in [4.78, 5) is 28.7. The molecule has 0 spiro atoms. The number of hydrogen-bond acceptors (Lipinski definition) is 6. The predicted octanol–water partition coefficient (Wildman–Crippen LogP) is 4.47. The standard InChI is InChI=1S/C27H25N3O4S/c1-19-6-5-9-21(14-19)27-28-22(18-35-27)15-25(31)29-30-26(32)17-34-24-12-10-23(11-13-24)33-16-20-7-3-2-4-8-20/h2-14,18H,15-17H2,1H3,(H,29,31)(H,30,32). The third-order valence-electron chi connectivity index (χ3n) is 4.94. The van der Waals surface area contributed by atoms with Crippen LogP contribution in [0.5, 0.6) is 11.5 Å². The fourth-order valence-corrected chi connectivity index (χ4v) is 4.02. The smallest absolute Gasteiger partial charge is 0.276 e. The Bertz CT molecular complexity index is 1270. The first-order chi connectivity index (χ1) is 17.0. The Labute approximate surface area is 207 Å². The molecule has 0 saturated carbocycles. The van der Waals surface area contributed by atoms with Crippen LogP contribution in [-0.4, -0.2) is 23.4 Å². The van der Waals surface area contributed by atoms with E-state index in [-0.39, 0.29) is 18.9 Å². The van der Waals surface area contributed by atoms with E-state index >= 15 is 0 Å². The molecular weight excluding hydrogens is 462 g/mol. The first-order valence-electron chi connectivity index (χ1n) is 11.0. The van der Waals surface area contributed by atoms with Crippen LogP contribution in [0.3, 0.4) is 0 Å². The fourth-order valence-electron chi connectivity index (χ4n) is 3.20. The summed E-state index contributed by atoms with van der Waals surface area (Å²) in [7, 11) is 0. The number of carbonyl (C=O) groups is 2. The number of carbonyl (C=O) groups excluding carboxylic acids is 2. The molecular formula is C27H25N3O4S. The van der Waals surface area contributed by atoms with Crippen molar-refractivity contribution in [3.63, 3.8) is 0 Å². The van der Waals surface area contributed by atoms with Crippen LogP contribution >= 0.6 is 11.3 Å². The zero-order chi connectivity index (χ0) is 24.5. The second-order valence-electron chi connectivity index (χ2n) is 7.82. The number of ether oxygens (including phenoxy) is 2. The van der Waals surface area contributed by atoms with E-state index in [2.05, 4.69) is 15.8 Å². The van der Waals surface area contributed by atoms with Crippen LogP contribution in [0.2, 0.25) is 0 Å². The summed E-state index contributed by atoms with van der Waals surface area (Å²) in [6.07, 6.45) is 0.0634. The first-order valence-corrected chi connectivity index (χ1v) is 11.9. The van der Waals surface area contributed by atoms with Gasteiger partial charge in [-0.3, -0.25) is 20.4 Å². The van der Waals surface area contributed by atoms with E-state index in [0.29, 0.717) is 23.8 Å². The van der Waals surface area contributed by atoms with Gasteiger partial charge in [0, 0.05) is 10.9 Å². The van der Waals surface area contributed by atoms with E-state index in [1.54, 1.807) is 24.3 Å². The van der Waals surface area contributed by atoms with Crippen molar-refractivity contribution in [2.75, 3.05) is 6.61 Å². The number of nitrogens with one attached hydrogen (secondary N) is 2. The molecule has 8 heteroatoms. The molecule has 0 unspecified atom stereocenters. The van der Waals surface area contributed by atoms with E-state index in [0.717, 1.165) is 21.7 Å². The lowest BCUT2D eigenvalue weighted by atomic mass is 10.1. The number of aryl methyl sites for hydroxylation is 1. The normalized spacial score (nSPS) is 10.4. The number of hydrazine groups is 1. The quantitative estimate of drug-likeness (QED) is 0.340. The molecule has 4 rings (SSSR count). The third-order valence-corrected chi connectivity index (χ3v) is 5.88. The molecule has 7 nitrogen and oxygen atoms in total. The summed E-state index contributed by atoms with van der Waals surface area (Å²) >= 11 is 1.48. The summed E-state index contributed by atoms with van der Waals surface area (Å²) in [5.74, 6) is 0.385. The Hall–Kier alpha value is -4.17. The topological polar surface area (TPSA) is 89.6 Å². The number of benzene rings is 3. The summed E-state index contributed by atoms with van der Waals surface area (Å²) < 4.78 is 11.2. The number of amides is 2. The van der Waals surface area contributed by atoms with Crippen molar-refractivity contribution < 1.29 is 19.1 Å². The van der Waals surface area contributed by atoms with Crippen LogP contribution in [0.25, 0.3) is 10.6 Å². The molecule has 0 bridgehead atoms.